The lowest BCUT2D eigenvalue weighted by Gasteiger charge is -2.14. The van der Waals surface area contributed by atoms with E-state index in [0.717, 1.165) is 5.39 Å². The number of hydrogen-bond donors (Lipinski definition) is 1. The van der Waals surface area contributed by atoms with Gasteiger partial charge in [-0.05, 0) is 18.6 Å². The third-order valence-electron chi connectivity index (χ3n) is 3.18. The maximum Gasteiger partial charge on any atom is 0.338 e. The second-order valence-electron chi connectivity index (χ2n) is 4.84. The molecule has 0 bridgehead atoms. The van der Waals surface area contributed by atoms with Gasteiger partial charge in [-0.25, -0.2) is 17.5 Å². The minimum atomic E-state index is -3.15. The van der Waals surface area contributed by atoms with Crippen LogP contribution in [0, 0.1) is 0 Å². The highest BCUT2D eigenvalue weighted by molar-refractivity contribution is 7.88. The molecule has 0 atom stereocenters. The van der Waals surface area contributed by atoms with Crippen LogP contribution in [0.4, 0.5) is 5.69 Å². The van der Waals surface area contributed by atoms with Gasteiger partial charge in [0.15, 0.2) is 0 Å². The Morgan fingerprint density at radius 2 is 2.00 bits per heavy atom. The molecule has 0 aliphatic heterocycles. The molecule has 0 aliphatic rings. The quantitative estimate of drug-likeness (QED) is 0.646. The monoisotopic (exact) mass is 310 g/mol. The Labute approximate surface area is 123 Å². The topological polar surface area (TPSA) is 79.6 Å². The molecule has 0 unspecified atom stereocenters. The van der Waals surface area contributed by atoms with E-state index < -0.39 is 15.6 Å². The zero-order chi connectivity index (χ0) is 15.5. The summed E-state index contributed by atoms with van der Waals surface area (Å²) in [6, 6.07) is 8.67. The van der Waals surface area contributed by atoms with Crippen LogP contribution < -0.4 is 10.9 Å². The van der Waals surface area contributed by atoms with Crippen LogP contribution >= 0.6 is 0 Å². The lowest BCUT2D eigenvalue weighted by atomic mass is 10.2. The molecule has 0 aliphatic carbocycles. The average Bonchev–Trinajstić information content (AvgIpc) is 2.41. The number of nitrogens with zero attached hydrogens (tertiary/aromatic N) is 1. The molecular weight excluding hydrogens is 292 g/mol. The van der Waals surface area contributed by atoms with Crippen LogP contribution in [0.5, 0.6) is 0 Å². The van der Waals surface area contributed by atoms with Gasteiger partial charge in [-0.3, -0.25) is 0 Å². The summed E-state index contributed by atoms with van der Waals surface area (Å²) in [6.07, 6.45) is 1.81. The predicted octanol–water partition coefficient (Wildman–Crippen LogP) is 1.49. The molecule has 114 valence electrons. The highest BCUT2D eigenvalue weighted by atomic mass is 32.2. The van der Waals surface area contributed by atoms with Gasteiger partial charge < -0.3 is 9.73 Å². The first-order chi connectivity index (χ1) is 9.88. The normalized spacial score (nSPS) is 12.0. The zero-order valence-corrected chi connectivity index (χ0v) is 12.8. The summed E-state index contributed by atoms with van der Waals surface area (Å²) in [7, 11) is -1.61. The minimum Gasteiger partial charge on any atom is -0.423 e. The molecule has 0 fully saturated rings. The molecule has 2 rings (SSSR count). The summed E-state index contributed by atoms with van der Waals surface area (Å²) in [4.78, 5) is 11.5. The zero-order valence-electron chi connectivity index (χ0n) is 12.0. The molecule has 0 radical (unpaired) electrons. The molecule has 21 heavy (non-hydrogen) atoms. The summed E-state index contributed by atoms with van der Waals surface area (Å²) < 4.78 is 28.9. The molecule has 6 nitrogen and oxygen atoms in total. The first kappa shape index (κ1) is 15.5. The molecule has 1 aromatic heterocycles. The standard InChI is InChI=1S/C14H18N2O4S/c1-16(21(2,18)19)9-5-8-15-12-10-14(17)20-13-7-4-3-6-11(12)13/h3-4,6-7,10,15H,5,8-9H2,1-2H3. The van der Waals surface area contributed by atoms with Gasteiger partial charge in [0.05, 0.1) is 11.9 Å². The number of anilines is 1. The lowest BCUT2D eigenvalue weighted by Crippen LogP contribution is -2.27. The van der Waals surface area contributed by atoms with Crippen molar-refractivity contribution in [2.45, 2.75) is 6.42 Å². The molecular formula is C14H18N2O4S. The second-order valence-corrected chi connectivity index (χ2v) is 6.93. The van der Waals surface area contributed by atoms with E-state index in [2.05, 4.69) is 5.32 Å². The Morgan fingerprint density at radius 1 is 1.29 bits per heavy atom. The van der Waals surface area contributed by atoms with E-state index in [1.54, 1.807) is 19.2 Å². The molecule has 0 spiro atoms. The number of fused-ring (bicyclic) bond motifs is 1. The Morgan fingerprint density at radius 3 is 2.71 bits per heavy atom. The van der Waals surface area contributed by atoms with Crippen molar-refractivity contribution in [2.24, 2.45) is 0 Å². The van der Waals surface area contributed by atoms with Gasteiger partial charge >= 0.3 is 5.63 Å². The molecule has 2 aromatic rings. The van der Waals surface area contributed by atoms with E-state index in [1.807, 2.05) is 12.1 Å². The molecule has 0 saturated carbocycles. The largest absolute Gasteiger partial charge is 0.423 e. The number of benzene rings is 1. The Hall–Kier alpha value is -1.86. The molecule has 0 amide bonds. The summed E-state index contributed by atoms with van der Waals surface area (Å²) in [5.41, 5.74) is 0.814. The fraction of sp³-hybridized carbons (Fsp3) is 0.357. The van der Waals surface area contributed by atoms with Gasteiger partial charge in [-0.15, -0.1) is 0 Å². The number of rotatable bonds is 6. The van der Waals surface area contributed by atoms with Gasteiger partial charge in [0.1, 0.15) is 5.58 Å². The van der Waals surface area contributed by atoms with Crippen LogP contribution in [0.15, 0.2) is 39.5 Å². The maximum atomic E-state index is 11.5. The fourth-order valence-electron chi connectivity index (χ4n) is 1.95. The summed E-state index contributed by atoms with van der Waals surface area (Å²) in [5.74, 6) is 0. The summed E-state index contributed by atoms with van der Waals surface area (Å²) in [5, 5.41) is 3.98. The van der Waals surface area contributed by atoms with Gasteiger partial charge in [0, 0.05) is 31.6 Å². The predicted molar refractivity (Wildman–Crippen MR) is 83.1 cm³/mol. The second kappa shape index (κ2) is 6.28. The van der Waals surface area contributed by atoms with Crippen LogP contribution in [-0.4, -0.2) is 39.1 Å². The van der Waals surface area contributed by atoms with Crippen LogP contribution in [0.1, 0.15) is 6.42 Å². The van der Waals surface area contributed by atoms with Crippen molar-refractivity contribution in [3.05, 3.63) is 40.8 Å². The van der Waals surface area contributed by atoms with Crippen molar-refractivity contribution in [1.82, 2.24) is 4.31 Å². The van der Waals surface area contributed by atoms with E-state index in [0.29, 0.717) is 30.8 Å². The van der Waals surface area contributed by atoms with E-state index in [1.165, 1.54) is 16.6 Å². The Kier molecular flexibility index (Phi) is 4.64. The summed E-state index contributed by atoms with van der Waals surface area (Å²) in [6.45, 7) is 0.985. The van der Waals surface area contributed by atoms with Gasteiger partial charge in [-0.1, -0.05) is 12.1 Å². The third kappa shape index (κ3) is 4.05. The van der Waals surface area contributed by atoms with Crippen molar-refractivity contribution < 1.29 is 12.8 Å². The first-order valence-corrected chi connectivity index (χ1v) is 8.41. The average molecular weight is 310 g/mol. The Balaban J connectivity index is 2.03. The van der Waals surface area contributed by atoms with E-state index in [4.69, 9.17) is 4.42 Å². The van der Waals surface area contributed by atoms with Crippen molar-refractivity contribution in [3.8, 4) is 0 Å². The Bertz CT molecular complexity index is 783. The molecule has 7 heteroatoms. The maximum absolute atomic E-state index is 11.5. The van der Waals surface area contributed by atoms with E-state index in [-0.39, 0.29) is 0 Å². The van der Waals surface area contributed by atoms with Gasteiger partial charge in [0.2, 0.25) is 10.0 Å². The minimum absolute atomic E-state index is 0.413. The first-order valence-electron chi connectivity index (χ1n) is 6.56. The lowest BCUT2D eigenvalue weighted by molar-refractivity contribution is 0.471. The highest BCUT2D eigenvalue weighted by Gasteiger charge is 2.10. The fourth-order valence-corrected chi connectivity index (χ4v) is 2.41. The number of sulfonamides is 1. The van der Waals surface area contributed by atoms with Crippen molar-refractivity contribution >= 4 is 26.7 Å². The molecule has 1 N–H and O–H groups in total. The number of nitrogens with one attached hydrogen (secondary N) is 1. The van der Waals surface area contributed by atoms with Crippen LogP contribution in [0.2, 0.25) is 0 Å². The third-order valence-corrected chi connectivity index (χ3v) is 4.50. The number of hydrogen-bond acceptors (Lipinski definition) is 5. The van der Waals surface area contributed by atoms with E-state index in [9.17, 15) is 13.2 Å². The van der Waals surface area contributed by atoms with Crippen molar-refractivity contribution in [3.63, 3.8) is 0 Å². The molecule has 0 saturated heterocycles. The van der Waals surface area contributed by atoms with E-state index >= 15 is 0 Å². The van der Waals surface area contributed by atoms with Gasteiger partial charge in [-0.2, -0.15) is 0 Å². The molecule has 1 heterocycles. The molecule has 1 aromatic carbocycles. The van der Waals surface area contributed by atoms with Crippen LogP contribution in [-0.2, 0) is 10.0 Å². The van der Waals surface area contributed by atoms with Gasteiger partial charge in [0.25, 0.3) is 0 Å². The van der Waals surface area contributed by atoms with Crippen molar-refractivity contribution in [2.75, 3.05) is 31.7 Å². The smallest absolute Gasteiger partial charge is 0.338 e. The summed E-state index contributed by atoms with van der Waals surface area (Å²) >= 11 is 0. The van der Waals surface area contributed by atoms with Crippen LogP contribution in [0.25, 0.3) is 11.0 Å². The highest BCUT2D eigenvalue weighted by Crippen LogP contribution is 2.20. The number of para-hydroxylation sites is 1. The van der Waals surface area contributed by atoms with Crippen molar-refractivity contribution in [1.29, 1.82) is 0 Å². The SMILES string of the molecule is CN(CCCNc1cc(=O)oc2ccccc12)S(C)(=O)=O. The van der Waals surface area contributed by atoms with Crippen LogP contribution in [0.3, 0.4) is 0 Å².